The predicted molar refractivity (Wildman–Crippen MR) is 65.3 cm³/mol. The summed E-state index contributed by atoms with van der Waals surface area (Å²) in [4.78, 5) is 10.4. The molecule has 7 nitrogen and oxygen atoms in total. The van der Waals surface area contributed by atoms with Crippen molar-refractivity contribution in [3.63, 3.8) is 0 Å². The van der Waals surface area contributed by atoms with E-state index in [1.807, 2.05) is 26.0 Å². The standard InChI is InChI=1S/C11H14N4O3/c1-7-4-5-10(18-7)8(2)12-11-9(15(16)17)6-14(3)13-11/h4-6,8H,1-3H3,(H,12,13). The van der Waals surface area contributed by atoms with E-state index in [2.05, 4.69) is 10.4 Å². The summed E-state index contributed by atoms with van der Waals surface area (Å²) in [6.45, 7) is 3.70. The third-order valence-electron chi connectivity index (χ3n) is 2.55. The maximum absolute atomic E-state index is 10.8. The highest BCUT2D eigenvalue weighted by Crippen LogP contribution is 2.26. The molecule has 1 atom stereocenters. The SMILES string of the molecule is Cc1ccc(C(C)Nc2nn(C)cc2[N+](=O)[O-])o1. The summed E-state index contributed by atoms with van der Waals surface area (Å²) in [6, 6.07) is 3.49. The Labute approximate surface area is 104 Å². The van der Waals surface area contributed by atoms with Crippen LogP contribution in [0.3, 0.4) is 0 Å². The van der Waals surface area contributed by atoms with E-state index in [-0.39, 0.29) is 17.5 Å². The molecule has 2 heterocycles. The van der Waals surface area contributed by atoms with E-state index in [0.29, 0.717) is 5.76 Å². The minimum atomic E-state index is -0.463. The van der Waals surface area contributed by atoms with Crippen LogP contribution in [0, 0.1) is 17.0 Å². The molecule has 0 aliphatic carbocycles. The molecular weight excluding hydrogens is 236 g/mol. The number of aromatic nitrogens is 2. The minimum absolute atomic E-state index is 0.0485. The molecule has 0 saturated heterocycles. The number of nitrogens with one attached hydrogen (secondary N) is 1. The number of hydrogen-bond donors (Lipinski definition) is 1. The zero-order valence-corrected chi connectivity index (χ0v) is 10.4. The van der Waals surface area contributed by atoms with Crippen LogP contribution in [0.5, 0.6) is 0 Å². The van der Waals surface area contributed by atoms with Crippen LogP contribution in [0.15, 0.2) is 22.7 Å². The highest BCUT2D eigenvalue weighted by molar-refractivity contribution is 5.55. The Bertz CT molecular complexity index is 573. The summed E-state index contributed by atoms with van der Waals surface area (Å²) < 4.78 is 6.86. The first-order valence-corrected chi connectivity index (χ1v) is 5.48. The van der Waals surface area contributed by atoms with Gasteiger partial charge in [0.2, 0.25) is 5.82 Å². The molecule has 0 spiro atoms. The van der Waals surface area contributed by atoms with Crippen LogP contribution in [-0.4, -0.2) is 14.7 Å². The summed E-state index contributed by atoms with van der Waals surface area (Å²) in [5, 5.41) is 17.8. The van der Waals surface area contributed by atoms with Crippen molar-refractivity contribution in [3.05, 3.63) is 40.0 Å². The lowest BCUT2D eigenvalue weighted by atomic mass is 10.2. The molecule has 0 aromatic carbocycles. The Hall–Kier alpha value is -2.31. The van der Waals surface area contributed by atoms with Gasteiger partial charge in [-0.1, -0.05) is 0 Å². The molecule has 96 valence electrons. The van der Waals surface area contributed by atoms with Gasteiger partial charge < -0.3 is 9.73 Å². The van der Waals surface area contributed by atoms with Gasteiger partial charge in [-0.05, 0) is 26.0 Å². The summed E-state index contributed by atoms with van der Waals surface area (Å²) in [7, 11) is 1.64. The Morgan fingerprint density at radius 1 is 1.56 bits per heavy atom. The van der Waals surface area contributed by atoms with E-state index in [1.54, 1.807) is 7.05 Å². The number of nitro groups is 1. The van der Waals surface area contributed by atoms with Crippen molar-refractivity contribution in [1.29, 1.82) is 0 Å². The van der Waals surface area contributed by atoms with Gasteiger partial charge in [0.1, 0.15) is 17.7 Å². The van der Waals surface area contributed by atoms with Crippen molar-refractivity contribution in [3.8, 4) is 0 Å². The summed E-state index contributed by atoms with van der Waals surface area (Å²) in [5.74, 6) is 1.76. The molecule has 0 aliphatic rings. The molecule has 0 amide bonds. The largest absolute Gasteiger partial charge is 0.464 e. The maximum Gasteiger partial charge on any atom is 0.330 e. The molecule has 7 heteroatoms. The van der Waals surface area contributed by atoms with E-state index in [4.69, 9.17) is 4.42 Å². The van der Waals surface area contributed by atoms with Gasteiger partial charge in [-0.2, -0.15) is 0 Å². The van der Waals surface area contributed by atoms with Crippen molar-refractivity contribution < 1.29 is 9.34 Å². The van der Waals surface area contributed by atoms with Crippen molar-refractivity contribution >= 4 is 11.5 Å². The molecule has 1 N–H and O–H groups in total. The van der Waals surface area contributed by atoms with Gasteiger partial charge >= 0.3 is 5.69 Å². The van der Waals surface area contributed by atoms with Crippen LogP contribution in [0.2, 0.25) is 0 Å². The van der Waals surface area contributed by atoms with Crippen LogP contribution < -0.4 is 5.32 Å². The van der Waals surface area contributed by atoms with Gasteiger partial charge in [0, 0.05) is 7.05 Å². The Kier molecular flexibility index (Phi) is 3.05. The second-order valence-electron chi connectivity index (χ2n) is 4.11. The summed E-state index contributed by atoms with van der Waals surface area (Å²) in [5.41, 5.74) is -0.0485. The Morgan fingerprint density at radius 3 is 2.83 bits per heavy atom. The highest BCUT2D eigenvalue weighted by atomic mass is 16.6. The number of rotatable bonds is 4. The van der Waals surface area contributed by atoms with Crippen LogP contribution in [-0.2, 0) is 7.05 Å². The van der Waals surface area contributed by atoms with E-state index in [0.717, 1.165) is 5.76 Å². The molecule has 2 aromatic rings. The predicted octanol–water partition coefficient (Wildman–Crippen LogP) is 2.40. The lowest BCUT2D eigenvalue weighted by molar-refractivity contribution is -0.384. The lowest BCUT2D eigenvalue weighted by Crippen LogP contribution is -2.07. The molecule has 2 aromatic heterocycles. The zero-order valence-electron chi connectivity index (χ0n) is 10.4. The summed E-state index contributed by atoms with van der Waals surface area (Å²) >= 11 is 0. The maximum atomic E-state index is 10.8. The summed E-state index contributed by atoms with van der Waals surface area (Å²) in [6.07, 6.45) is 1.36. The Balaban J connectivity index is 2.21. The van der Waals surface area contributed by atoms with Crippen molar-refractivity contribution in [1.82, 2.24) is 9.78 Å². The lowest BCUT2D eigenvalue weighted by Gasteiger charge is -2.09. The third-order valence-corrected chi connectivity index (χ3v) is 2.55. The smallest absolute Gasteiger partial charge is 0.330 e. The minimum Gasteiger partial charge on any atom is -0.464 e. The third kappa shape index (κ3) is 2.34. The second kappa shape index (κ2) is 4.52. The quantitative estimate of drug-likeness (QED) is 0.665. The fourth-order valence-corrected chi connectivity index (χ4v) is 1.67. The van der Waals surface area contributed by atoms with Gasteiger partial charge in [0.15, 0.2) is 0 Å². The van der Waals surface area contributed by atoms with Crippen molar-refractivity contribution in [2.75, 3.05) is 5.32 Å². The van der Waals surface area contributed by atoms with Crippen LogP contribution in [0.1, 0.15) is 24.5 Å². The van der Waals surface area contributed by atoms with Gasteiger partial charge in [0.05, 0.1) is 11.0 Å². The van der Waals surface area contributed by atoms with Gasteiger partial charge in [-0.25, -0.2) is 0 Å². The molecule has 1 unspecified atom stereocenters. The van der Waals surface area contributed by atoms with Crippen molar-refractivity contribution in [2.45, 2.75) is 19.9 Å². The fraction of sp³-hybridized carbons (Fsp3) is 0.364. The zero-order chi connectivity index (χ0) is 13.3. The average Bonchev–Trinajstić information content (AvgIpc) is 2.85. The molecule has 0 fully saturated rings. The Morgan fingerprint density at radius 2 is 2.28 bits per heavy atom. The number of hydrogen-bond acceptors (Lipinski definition) is 5. The van der Waals surface area contributed by atoms with Crippen LogP contribution >= 0.6 is 0 Å². The number of aryl methyl sites for hydroxylation is 2. The van der Waals surface area contributed by atoms with Crippen LogP contribution in [0.4, 0.5) is 11.5 Å². The first-order chi connectivity index (χ1) is 8.47. The van der Waals surface area contributed by atoms with Gasteiger partial charge in [0.25, 0.3) is 0 Å². The van der Waals surface area contributed by atoms with Crippen molar-refractivity contribution in [2.24, 2.45) is 7.05 Å². The highest BCUT2D eigenvalue weighted by Gasteiger charge is 2.21. The topological polar surface area (TPSA) is 86.1 Å². The first kappa shape index (κ1) is 12.2. The average molecular weight is 250 g/mol. The van der Waals surface area contributed by atoms with E-state index in [1.165, 1.54) is 10.9 Å². The molecule has 18 heavy (non-hydrogen) atoms. The molecule has 0 radical (unpaired) electrons. The van der Waals surface area contributed by atoms with Gasteiger partial charge in [-0.3, -0.25) is 14.8 Å². The number of furan rings is 1. The fourth-order valence-electron chi connectivity index (χ4n) is 1.67. The second-order valence-corrected chi connectivity index (χ2v) is 4.11. The molecular formula is C11H14N4O3. The normalized spacial score (nSPS) is 12.4. The van der Waals surface area contributed by atoms with Gasteiger partial charge in [-0.15, -0.1) is 5.10 Å². The molecule has 0 bridgehead atoms. The number of nitrogens with zero attached hydrogens (tertiary/aromatic N) is 3. The van der Waals surface area contributed by atoms with E-state index in [9.17, 15) is 10.1 Å². The van der Waals surface area contributed by atoms with E-state index < -0.39 is 4.92 Å². The monoisotopic (exact) mass is 250 g/mol. The molecule has 0 saturated carbocycles. The van der Waals surface area contributed by atoms with Crippen LogP contribution in [0.25, 0.3) is 0 Å². The molecule has 0 aliphatic heterocycles. The number of anilines is 1. The molecule has 2 rings (SSSR count). The van der Waals surface area contributed by atoms with E-state index >= 15 is 0 Å². The first-order valence-electron chi connectivity index (χ1n) is 5.48.